The van der Waals surface area contributed by atoms with Crippen molar-refractivity contribution in [2.75, 3.05) is 37.6 Å². The van der Waals surface area contributed by atoms with Gasteiger partial charge in [-0.3, -0.25) is 0 Å². The average Bonchev–Trinajstić information content (AvgIpc) is 3.27. The molecule has 4 rings (SSSR count). The van der Waals surface area contributed by atoms with Crippen molar-refractivity contribution in [1.82, 2.24) is 19.6 Å². The zero-order chi connectivity index (χ0) is 24.8. The molecule has 0 fully saturated rings. The minimum Gasteiger partial charge on any atom is -0.497 e. The molecule has 0 aliphatic rings. The first-order valence-corrected chi connectivity index (χ1v) is 12.4. The van der Waals surface area contributed by atoms with E-state index in [-0.39, 0.29) is 0 Å². The number of halogens is 1. The summed E-state index contributed by atoms with van der Waals surface area (Å²) in [6, 6.07) is 16.2. The summed E-state index contributed by atoms with van der Waals surface area (Å²) in [4.78, 5) is 14.0. The predicted octanol–water partition coefficient (Wildman–Crippen LogP) is 5.35. The number of hydrogen-bond acceptors (Lipinski definition) is 7. The molecule has 0 aliphatic heterocycles. The van der Waals surface area contributed by atoms with Crippen LogP contribution < -0.4 is 19.3 Å². The van der Waals surface area contributed by atoms with E-state index in [2.05, 4.69) is 61.9 Å². The summed E-state index contributed by atoms with van der Waals surface area (Å²) >= 11 is 3.52. The zero-order valence-corrected chi connectivity index (χ0v) is 22.2. The molecule has 2 heterocycles. The second kappa shape index (κ2) is 11.4. The number of ether oxygens (including phenoxy) is 2. The van der Waals surface area contributed by atoms with E-state index in [1.807, 2.05) is 37.5 Å². The van der Waals surface area contributed by atoms with Crippen LogP contribution in [0.3, 0.4) is 0 Å². The molecule has 8 nitrogen and oxygen atoms in total. The maximum Gasteiger partial charge on any atom is 0.245 e. The van der Waals surface area contributed by atoms with Crippen LogP contribution in [0, 0.1) is 0 Å². The minimum absolute atomic E-state index is 0.644. The Bertz CT molecular complexity index is 1190. The zero-order valence-electron chi connectivity index (χ0n) is 20.6. The van der Waals surface area contributed by atoms with Crippen LogP contribution in [0.4, 0.5) is 11.8 Å². The smallest absolute Gasteiger partial charge is 0.245 e. The molecule has 35 heavy (non-hydrogen) atoms. The standard InChI is InChI=1S/C26H31BrN6O2/c1-5-6-15-31(2)26-29-24(25-28-23(27)18-33(25)30-26)32(16-19-7-11-21(34-3)12-8-19)17-20-9-13-22(35-4)14-10-20/h7-14,18H,5-6,15-17H2,1-4H3. The summed E-state index contributed by atoms with van der Waals surface area (Å²) in [5.74, 6) is 3.10. The SMILES string of the molecule is CCCCN(C)c1nc(N(Cc2ccc(OC)cc2)Cc2ccc(OC)cc2)c2nc(Br)cn2n1. The first kappa shape index (κ1) is 24.8. The number of benzene rings is 2. The van der Waals surface area contributed by atoms with Crippen molar-refractivity contribution < 1.29 is 9.47 Å². The number of aromatic nitrogens is 4. The number of fused-ring (bicyclic) bond motifs is 1. The molecule has 0 spiro atoms. The van der Waals surface area contributed by atoms with Crippen LogP contribution in [0.15, 0.2) is 59.3 Å². The minimum atomic E-state index is 0.644. The molecular formula is C26H31BrN6O2. The number of rotatable bonds is 11. The van der Waals surface area contributed by atoms with Gasteiger partial charge >= 0.3 is 0 Å². The Balaban J connectivity index is 1.76. The Morgan fingerprint density at radius 2 is 1.46 bits per heavy atom. The molecule has 0 amide bonds. The topological polar surface area (TPSA) is 68.0 Å². The third kappa shape index (κ3) is 6.03. The Morgan fingerprint density at radius 3 is 1.97 bits per heavy atom. The predicted molar refractivity (Wildman–Crippen MR) is 143 cm³/mol. The highest BCUT2D eigenvalue weighted by Gasteiger charge is 2.20. The largest absolute Gasteiger partial charge is 0.497 e. The quantitative estimate of drug-likeness (QED) is 0.255. The maximum absolute atomic E-state index is 5.34. The molecule has 2 aromatic carbocycles. The van der Waals surface area contributed by atoms with E-state index in [1.54, 1.807) is 18.7 Å². The molecule has 0 saturated heterocycles. The Hall–Kier alpha value is -3.33. The van der Waals surface area contributed by atoms with Gasteiger partial charge in [0.05, 0.1) is 20.4 Å². The summed E-state index contributed by atoms with van der Waals surface area (Å²) in [5.41, 5.74) is 2.98. The molecule has 4 aromatic rings. The molecule has 0 saturated carbocycles. The van der Waals surface area contributed by atoms with Crippen LogP contribution in [-0.4, -0.2) is 47.4 Å². The van der Waals surface area contributed by atoms with E-state index in [1.165, 1.54) is 0 Å². The van der Waals surface area contributed by atoms with Gasteiger partial charge in [0.1, 0.15) is 16.1 Å². The van der Waals surface area contributed by atoms with Crippen molar-refractivity contribution >= 4 is 33.3 Å². The fraction of sp³-hybridized carbons (Fsp3) is 0.346. The van der Waals surface area contributed by atoms with Gasteiger partial charge in [0.25, 0.3) is 0 Å². The average molecular weight is 539 g/mol. The summed E-state index contributed by atoms with van der Waals surface area (Å²) in [6.45, 7) is 4.35. The molecule has 9 heteroatoms. The molecule has 0 N–H and O–H groups in total. The van der Waals surface area contributed by atoms with Gasteiger partial charge in [0, 0.05) is 26.7 Å². The Labute approximate surface area is 214 Å². The summed E-state index contributed by atoms with van der Waals surface area (Å²) in [5, 5.41) is 4.73. The van der Waals surface area contributed by atoms with Crippen molar-refractivity contribution in [1.29, 1.82) is 0 Å². The van der Waals surface area contributed by atoms with Crippen molar-refractivity contribution in [2.24, 2.45) is 0 Å². The van der Waals surface area contributed by atoms with Gasteiger partial charge in [0.15, 0.2) is 11.5 Å². The summed E-state index contributed by atoms with van der Waals surface area (Å²) < 4.78 is 13.2. The second-order valence-electron chi connectivity index (χ2n) is 8.39. The molecule has 0 bridgehead atoms. The number of methoxy groups -OCH3 is 2. The van der Waals surface area contributed by atoms with Crippen LogP contribution >= 0.6 is 15.9 Å². The Kier molecular flexibility index (Phi) is 8.07. The first-order valence-electron chi connectivity index (χ1n) is 11.7. The summed E-state index contributed by atoms with van der Waals surface area (Å²) in [6.07, 6.45) is 4.05. The van der Waals surface area contributed by atoms with Crippen molar-refractivity contribution in [3.8, 4) is 11.5 Å². The summed E-state index contributed by atoms with van der Waals surface area (Å²) in [7, 11) is 5.38. The van der Waals surface area contributed by atoms with Crippen LogP contribution in [0.1, 0.15) is 30.9 Å². The van der Waals surface area contributed by atoms with E-state index in [9.17, 15) is 0 Å². The fourth-order valence-electron chi connectivity index (χ4n) is 3.81. The van der Waals surface area contributed by atoms with Crippen LogP contribution in [0.25, 0.3) is 5.65 Å². The third-order valence-electron chi connectivity index (χ3n) is 5.81. The molecule has 184 valence electrons. The molecular weight excluding hydrogens is 508 g/mol. The van der Waals surface area contributed by atoms with Gasteiger partial charge in [0.2, 0.25) is 5.95 Å². The highest BCUT2D eigenvalue weighted by molar-refractivity contribution is 9.10. The Morgan fingerprint density at radius 1 is 0.886 bits per heavy atom. The fourth-order valence-corrected chi connectivity index (χ4v) is 4.17. The number of anilines is 2. The van der Waals surface area contributed by atoms with Gasteiger partial charge in [-0.1, -0.05) is 37.6 Å². The first-order chi connectivity index (χ1) is 17.0. The number of hydrogen-bond donors (Lipinski definition) is 0. The molecule has 0 aliphatic carbocycles. The highest BCUT2D eigenvalue weighted by atomic mass is 79.9. The van der Waals surface area contributed by atoms with Gasteiger partial charge in [-0.2, -0.15) is 4.98 Å². The van der Waals surface area contributed by atoms with E-state index in [0.29, 0.717) is 24.7 Å². The van der Waals surface area contributed by atoms with Crippen LogP contribution in [0.5, 0.6) is 11.5 Å². The van der Waals surface area contributed by atoms with Gasteiger partial charge in [-0.25, -0.2) is 9.50 Å². The van der Waals surface area contributed by atoms with E-state index < -0.39 is 0 Å². The van der Waals surface area contributed by atoms with Crippen LogP contribution in [0.2, 0.25) is 0 Å². The van der Waals surface area contributed by atoms with Crippen LogP contribution in [-0.2, 0) is 13.1 Å². The number of nitrogens with zero attached hydrogens (tertiary/aromatic N) is 6. The van der Waals surface area contributed by atoms with E-state index in [0.717, 1.165) is 52.4 Å². The maximum atomic E-state index is 5.34. The second-order valence-corrected chi connectivity index (χ2v) is 9.21. The van der Waals surface area contributed by atoms with Crippen molar-refractivity contribution in [3.05, 3.63) is 70.5 Å². The normalized spacial score (nSPS) is 11.0. The monoisotopic (exact) mass is 538 g/mol. The van der Waals surface area contributed by atoms with E-state index in [4.69, 9.17) is 19.6 Å². The van der Waals surface area contributed by atoms with Crippen molar-refractivity contribution in [3.63, 3.8) is 0 Å². The molecule has 0 radical (unpaired) electrons. The molecule has 0 atom stereocenters. The number of unbranched alkanes of at least 4 members (excludes halogenated alkanes) is 1. The van der Waals surface area contributed by atoms with Gasteiger partial charge in [-0.15, -0.1) is 5.10 Å². The van der Waals surface area contributed by atoms with E-state index >= 15 is 0 Å². The van der Waals surface area contributed by atoms with Crippen molar-refractivity contribution in [2.45, 2.75) is 32.9 Å². The molecule has 0 unspecified atom stereocenters. The van der Waals surface area contributed by atoms with Gasteiger partial charge < -0.3 is 19.3 Å². The highest BCUT2D eigenvalue weighted by Crippen LogP contribution is 2.27. The lowest BCUT2D eigenvalue weighted by Crippen LogP contribution is -2.27. The lowest BCUT2D eigenvalue weighted by molar-refractivity contribution is 0.414. The lowest BCUT2D eigenvalue weighted by Gasteiger charge is -2.26. The van der Waals surface area contributed by atoms with Gasteiger partial charge in [-0.05, 0) is 57.7 Å². The third-order valence-corrected chi connectivity index (χ3v) is 6.20. The number of imidazole rings is 1. The lowest BCUT2D eigenvalue weighted by atomic mass is 10.1. The molecule has 2 aromatic heterocycles.